The standard InChI is InChI=1S/C25H31NO3/c1-18-13-19(9-10-22(18)29-17-24(2,3)16-27)23(28)26-12-11-25(14-21(25)15-26)20-7-5-4-6-8-20/h4-10,13,21,27H,11-12,14-17H2,1-3H3/t21?,25-/m0/s1. The van der Waals surface area contributed by atoms with Crippen molar-refractivity contribution in [1.82, 2.24) is 4.90 Å². The first-order valence-electron chi connectivity index (χ1n) is 10.5. The Morgan fingerprint density at radius 3 is 2.66 bits per heavy atom. The van der Waals surface area contributed by atoms with Crippen molar-refractivity contribution >= 4 is 5.91 Å². The smallest absolute Gasteiger partial charge is 0.253 e. The van der Waals surface area contributed by atoms with Crippen molar-refractivity contribution in [2.24, 2.45) is 11.3 Å². The number of aliphatic hydroxyl groups is 1. The van der Waals surface area contributed by atoms with E-state index in [0.29, 0.717) is 17.9 Å². The molecule has 0 radical (unpaired) electrons. The van der Waals surface area contributed by atoms with E-state index in [4.69, 9.17) is 4.74 Å². The molecule has 2 aromatic rings. The highest BCUT2D eigenvalue weighted by Gasteiger charge is 2.57. The quantitative estimate of drug-likeness (QED) is 0.800. The zero-order chi connectivity index (χ0) is 20.6. The summed E-state index contributed by atoms with van der Waals surface area (Å²) in [6.45, 7) is 8.06. The number of benzene rings is 2. The largest absolute Gasteiger partial charge is 0.493 e. The maximum absolute atomic E-state index is 13.1. The molecular weight excluding hydrogens is 362 g/mol. The number of hydrogen-bond donors (Lipinski definition) is 1. The number of likely N-dealkylation sites (tertiary alicyclic amines) is 1. The Bertz CT molecular complexity index is 892. The Labute approximate surface area is 173 Å². The molecule has 29 heavy (non-hydrogen) atoms. The van der Waals surface area contributed by atoms with Crippen molar-refractivity contribution in [3.8, 4) is 5.75 Å². The molecular formula is C25H31NO3. The minimum absolute atomic E-state index is 0.0726. The SMILES string of the molecule is Cc1cc(C(=O)N2CC[C@@]3(c4ccccc4)CC3C2)ccc1OCC(C)(C)CO. The van der Waals surface area contributed by atoms with E-state index in [1.54, 1.807) is 0 Å². The summed E-state index contributed by atoms with van der Waals surface area (Å²) in [4.78, 5) is 15.1. The van der Waals surface area contributed by atoms with Crippen LogP contribution in [0, 0.1) is 18.3 Å². The van der Waals surface area contributed by atoms with Crippen molar-refractivity contribution < 1.29 is 14.6 Å². The van der Waals surface area contributed by atoms with E-state index in [2.05, 4.69) is 30.3 Å². The number of ether oxygens (including phenoxy) is 1. The molecule has 1 N–H and O–H groups in total. The van der Waals surface area contributed by atoms with Gasteiger partial charge in [0.15, 0.2) is 0 Å². The van der Waals surface area contributed by atoms with Crippen LogP contribution in [0.1, 0.15) is 48.2 Å². The second-order valence-corrected chi connectivity index (χ2v) is 9.52. The van der Waals surface area contributed by atoms with Gasteiger partial charge in [0, 0.05) is 29.5 Å². The van der Waals surface area contributed by atoms with E-state index < -0.39 is 0 Å². The van der Waals surface area contributed by atoms with E-state index in [1.807, 2.05) is 43.9 Å². The molecule has 1 unspecified atom stereocenters. The summed E-state index contributed by atoms with van der Waals surface area (Å²) in [5, 5.41) is 9.39. The summed E-state index contributed by atoms with van der Waals surface area (Å²) in [5.41, 5.74) is 3.12. The Hall–Kier alpha value is -2.33. The van der Waals surface area contributed by atoms with Gasteiger partial charge < -0.3 is 14.7 Å². The molecule has 0 spiro atoms. The zero-order valence-corrected chi connectivity index (χ0v) is 17.6. The number of fused-ring (bicyclic) bond motifs is 1. The molecule has 1 aliphatic carbocycles. The van der Waals surface area contributed by atoms with Gasteiger partial charge in [-0.1, -0.05) is 44.2 Å². The average molecular weight is 394 g/mol. The van der Waals surface area contributed by atoms with Gasteiger partial charge in [0.1, 0.15) is 5.75 Å². The summed E-state index contributed by atoms with van der Waals surface area (Å²) >= 11 is 0. The minimum atomic E-state index is -0.287. The Morgan fingerprint density at radius 1 is 1.24 bits per heavy atom. The van der Waals surface area contributed by atoms with Gasteiger partial charge in [-0.2, -0.15) is 0 Å². The van der Waals surface area contributed by atoms with Crippen LogP contribution in [0.25, 0.3) is 0 Å². The molecule has 0 aromatic heterocycles. The first-order chi connectivity index (χ1) is 13.8. The van der Waals surface area contributed by atoms with E-state index in [1.165, 1.54) is 12.0 Å². The molecule has 2 fully saturated rings. The Morgan fingerprint density at radius 2 is 2.00 bits per heavy atom. The Kier molecular flexibility index (Phi) is 5.16. The molecule has 4 heteroatoms. The number of carbonyl (C=O) groups excluding carboxylic acids is 1. The van der Waals surface area contributed by atoms with Crippen LogP contribution in [0.3, 0.4) is 0 Å². The molecule has 0 bridgehead atoms. The number of aliphatic hydroxyl groups excluding tert-OH is 1. The fourth-order valence-electron chi connectivity index (χ4n) is 4.52. The van der Waals surface area contributed by atoms with Gasteiger partial charge in [-0.3, -0.25) is 4.79 Å². The van der Waals surface area contributed by atoms with E-state index in [9.17, 15) is 9.90 Å². The number of hydrogen-bond acceptors (Lipinski definition) is 3. The third kappa shape index (κ3) is 3.91. The molecule has 2 aliphatic rings. The van der Waals surface area contributed by atoms with E-state index in [-0.39, 0.29) is 17.9 Å². The van der Waals surface area contributed by atoms with Gasteiger partial charge in [-0.25, -0.2) is 0 Å². The lowest BCUT2D eigenvalue weighted by Crippen LogP contribution is -2.40. The zero-order valence-electron chi connectivity index (χ0n) is 17.6. The van der Waals surface area contributed by atoms with E-state index >= 15 is 0 Å². The van der Waals surface area contributed by atoms with Gasteiger partial charge in [0.2, 0.25) is 0 Å². The fourth-order valence-corrected chi connectivity index (χ4v) is 4.52. The lowest BCUT2D eigenvalue weighted by molar-refractivity contribution is 0.0707. The average Bonchev–Trinajstić information content (AvgIpc) is 3.48. The predicted octanol–water partition coefficient (Wildman–Crippen LogP) is 4.20. The van der Waals surface area contributed by atoms with Gasteiger partial charge in [-0.15, -0.1) is 0 Å². The van der Waals surface area contributed by atoms with Crippen molar-refractivity contribution in [1.29, 1.82) is 0 Å². The third-order valence-electron chi connectivity index (χ3n) is 6.60. The van der Waals surface area contributed by atoms with Crippen LogP contribution in [0.2, 0.25) is 0 Å². The lowest BCUT2D eigenvalue weighted by Gasteiger charge is -2.32. The number of rotatable bonds is 6. The summed E-state index contributed by atoms with van der Waals surface area (Å²) in [6, 6.07) is 16.4. The van der Waals surface area contributed by atoms with Crippen molar-refractivity contribution in [3.05, 3.63) is 65.2 Å². The van der Waals surface area contributed by atoms with Crippen LogP contribution in [0.4, 0.5) is 0 Å². The molecule has 1 amide bonds. The first kappa shape index (κ1) is 20.0. The summed E-state index contributed by atoms with van der Waals surface area (Å²) in [6.07, 6.45) is 2.23. The van der Waals surface area contributed by atoms with Crippen LogP contribution in [0.5, 0.6) is 5.75 Å². The highest BCUT2D eigenvalue weighted by molar-refractivity contribution is 5.94. The molecule has 4 rings (SSSR count). The van der Waals surface area contributed by atoms with Crippen LogP contribution >= 0.6 is 0 Å². The summed E-state index contributed by atoms with van der Waals surface area (Å²) in [5.74, 6) is 1.46. The number of piperidine rings is 1. The maximum atomic E-state index is 13.1. The molecule has 1 aliphatic heterocycles. The van der Waals surface area contributed by atoms with Gasteiger partial charge >= 0.3 is 0 Å². The molecule has 4 nitrogen and oxygen atoms in total. The van der Waals surface area contributed by atoms with Gasteiger partial charge in [0.25, 0.3) is 5.91 Å². The molecule has 1 saturated carbocycles. The maximum Gasteiger partial charge on any atom is 0.253 e. The topological polar surface area (TPSA) is 49.8 Å². The number of aryl methyl sites for hydroxylation is 1. The number of amides is 1. The number of nitrogens with zero attached hydrogens (tertiary/aromatic N) is 1. The predicted molar refractivity (Wildman–Crippen MR) is 114 cm³/mol. The van der Waals surface area contributed by atoms with Gasteiger partial charge in [0.05, 0.1) is 13.2 Å². The van der Waals surface area contributed by atoms with Crippen molar-refractivity contribution in [2.45, 2.75) is 39.0 Å². The molecule has 154 valence electrons. The van der Waals surface area contributed by atoms with Crippen LogP contribution < -0.4 is 4.74 Å². The first-order valence-corrected chi connectivity index (χ1v) is 10.5. The third-order valence-corrected chi connectivity index (χ3v) is 6.60. The fraction of sp³-hybridized carbons (Fsp3) is 0.480. The van der Waals surface area contributed by atoms with Crippen LogP contribution in [0.15, 0.2) is 48.5 Å². The molecule has 1 saturated heterocycles. The highest BCUT2D eigenvalue weighted by Crippen LogP contribution is 2.59. The van der Waals surface area contributed by atoms with Crippen molar-refractivity contribution in [3.63, 3.8) is 0 Å². The highest BCUT2D eigenvalue weighted by atomic mass is 16.5. The molecule has 2 atom stereocenters. The molecule has 2 aromatic carbocycles. The summed E-state index contributed by atoms with van der Waals surface area (Å²) < 4.78 is 5.87. The molecule has 1 heterocycles. The second-order valence-electron chi connectivity index (χ2n) is 9.52. The Balaban J connectivity index is 1.40. The number of carbonyl (C=O) groups is 1. The normalized spacial score (nSPS) is 23.4. The second kappa shape index (κ2) is 7.49. The monoisotopic (exact) mass is 393 g/mol. The van der Waals surface area contributed by atoms with Crippen LogP contribution in [-0.4, -0.2) is 42.2 Å². The minimum Gasteiger partial charge on any atom is -0.493 e. The van der Waals surface area contributed by atoms with Crippen molar-refractivity contribution in [2.75, 3.05) is 26.3 Å². The lowest BCUT2D eigenvalue weighted by atomic mass is 9.87. The summed E-state index contributed by atoms with van der Waals surface area (Å²) in [7, 11) is 0. The van der Waals surface area contributed by atoms with Crippen LogP contribution in [-0.2, 0) is 5.41 Å². The van der Waals surface area contributed by atoms with Gasteiger partial charge in [-0.05, 0) is 55.0 Å². The van der Waals surface area contributed by atoms with E-state index in [0.717, 1.165) is 36.4 Å².